The standard InChI is InChI=1S/C31H37N5O5S/c1-5-6-12-23(26(37)27(38)33-20(2)21-10-8-7-9-11-21)35-30(40)41-25-17-36(19-31(25,3)4)29(39)24-18-42-28(34-24)22-13-15-32-16-14-22/h7-11,13-16,18,20,23,25H,5-6,12,17,19H2,1-4H3,(H,33,38)(H,35,40)/t20-,23+,25-/m1/s1. The van der Waals surface area contributed by atoms with Crippen molar-refractivity contribution in [1.82, 2.24) is 25.5 Å². The number of carbonyl (C=O) groups is 4. The first-order chi connectivity index (χ1) is 20.1. The minimum absolute atomic E-state index is 0.185. The van der Waals surface area contributed by atoms with Gasteiger partial charge in [-0.15, -0.1) is 11.3 Å². The Balaban J connectivity index is 1.37. The number of unbranched alkanes of at least 4 members (excludes halogenated alkanes) is 1. The highest BCUT2D eigenvalue weighted by molar-refractivity contribution is 7.13. The summed E-state index contributed by atoms with van der Waals surface area (Å²) in [6.45, 7) is 8.14. The van der Waals surface area contributed by atoms with Crippen LogP contribution in [0, 0.1) is 5.41 Å². The molecule has 1 aliphatic heterocycles. The third kappa shape index (κ3) is 7.58. The molecule has 1 aliphatic rings. The summed E-state index contributed by atoms with van der Waals surface area (Å²) >= 11 is 1.38. The maximum Gasteiger partial charge on any atom is 0.408 e. The van der Waals surface area contributed by atoms with Gasteiger partial charge in [0.25, 0.3) is 11.8 Å². The second kappa shape index (κ2) is 13.7. The van der Waals surface area contributed by atoms with Crippen LogP contribution in [0.1, 0.15) is 69.1 Å². The number of ether oxygens (including phenoxy) is 1. The maximum absolute atomic E-state index is 13.3. The second-order valence-corrected chi connectivity index (χ2v) is 12.0. The topological polar surface area (TPSA) is 131 Å². The van der Waals surface area contributed by atoms with E-state index in [-0.39, 0.29) is 18.5 Å². The van der Waals surface area contributed by atoms with Gasteiger partial charge in [-0.25, -0.2) is 9.78 Å². The number of nitrogens with zero attached hydrogens (tertiary/aromatic N) is 3. The molecule has 0 aliphatic carbocycles. The SMILES string of the molecule is CCCC[C@H](NC(=O)O[C@@H]1CN(C(=O)c2csc(-c3ccncc3)n2)CC1(C)C)C(=O)C(=O)N[C@H](C)c1ccccc1. The number of aromatic nitrogens is 2. The third-order valence-corrected chi connectivity index (χ3v) is 8.26. The number of pyridine rings is 1. The lowest BCUT2D eigenvalue weighted by atomic mass is 9.90. The molecule has 222 valence electrons. The number of nitrogens with one attached hydrogen (secondary N) is 2. The van der Waals surface area contributed by atoms with Gasteiger partial charge < -0.3 is 20.3 Å². The van der Waals surface area contributed by atoms with E-state index in [4.69, 9.17) is 4.74 Å². The quantitative estimate of drug-likeness (QED) is 0.307. The minimum Gasteiger partial charge on any atom is -0.444 e. The molecule has 0 radical (unpaired) electrons. The molecule has 2 N–H and O–H groups in total. The first-order valence-corrected chi connectivity index (χ1v) is 15.0. The van der Waals surface area contributed by atoms with Crippen LogP contribution in [0.2, 0.25) is 0 Å². The fourth-order valence-electron chi connectivity index (χ4n) is 4.85. The van der Waals surface area contributed by atoms with Crippen LogP contribution in [0.4, 0.5) is 4.79 Å². The summed E-state index contributed by atoms with van der Waals surface area (Å²) in [7, 11) is 0. The van der Waals surface area contributed by atoms with Gasteiger partial charge in [-0.3, -0.25) is 19.4 Å². The molecule has 4 rings (SSSR count). The molecular weight excluding hydrogens is 554 g/mol. The zero-order valence-corrected chi connectivity index (χ0v) is 25.1. The lowest BCUT2D eigenvalue weighted by molar-refractivity contribution is -0.139. The number of thiazole rings is 1. The average Bonchev–Trinajstić information content (AvgIpc) is 3.60. The Kier molecular flexibility index (Phi) is 10.1. The summed E-state index contributed by atoms with van der Waals surface area (Å²) in [6.07, 6.45) is 3.67. The summed E-state index contributed by atoms with van der Waals surface area (Å²) in [5, 5.41) is 7.78. The number of hydrogen-bond donors (Lipinski definition) is 2. The van der Waals surface area contributed by atoms with Gasteiger partial charge in [-0.1, -0.05) is 63.9 Å². The summed E-state index contributed by atoms with van der Waals surface area (Å²) in [6, 6.07) is 11.6. The molecule has 3 aromatic rings. The number of Topliss-reactive ketones (excluding diaryl/α,β-unsaturated/α-hetero) is 1. The highest BCUT2D eigenvalue weighted by Gasteiger charge is 2.44. The van der Waals surface area contributed by atoms with Gasteiger partial charge in [-0.05, 0) is 31.0 Å². The molecule has 0 saturated carbocycles. The van der Waals surface area contributed by atoms with Crippen molar-refractivity contribution in [2.24, 2.45) is 5.41 Å². The van der Waals surface area contributed by atoms with E-state index in [2.05, 4.69) is 20.6 Å². The van der Waals surface area contributed by atoms with Gasteiger partial charge in [0, 0.05) is 35.3 Å². The number of likely N-dealkylation sites (tertiary alicyclic amines) is 1. The number of carbonyl (C=O) groups excluding carboxylic acids is 4. The van der Waals surface area contributed by atoms with Crippen LogP contribution >= 0.6 is 11.3 Å². The number of hydrogen-bond acceptors (Lipinski definition) is 8. The van der Waals surface area contributed by atoms with Crippen molar-refractivity contribution >= 4 is 35.0 Å². The molecule has 1 fully saturated rings. The van der Waals surface area contributed by atoms with Crippen molar-refractivity contribution in [1.29, 1.82) is 0 Å². The van der Waals surface area contributed by atoms with Crippen molar-refractivity contribution in [3.8, 4) is 10.6 Å². The van der Waals surface area contributed by atoms with E-state index in [0.717, 1.165) is 22.6 Å². The molecule has 11 heteroatoms. The van der Waals surface area contributed by atoms with Crippen molar-refractivity contribution < 1.29 is 23.9 Å². The fraction of sp³-hybridized carbons (Fsp3) is 0.419. The first-order valence-electron chi connectivity index (χ1n) is 14.1. The summed E-state index contributed by atoms with van der Waals surface area (Å²) in [4.78, 5) is 62.3. The Morgan fingerprint density at radius 2 is 1.81 bits per heavy atom. The predicted molar refractivity (Wildman–Crippen MR) is 160 cm³/mol. The monoisotopic (exact) mass is 591 g/mol. The van der Waals surface area contributed by atoms with Crippen molar-refractivity contribution in [3.05, 3.63) is 71.5 Å². The van der Waals surface area contributed by atoms with Gasteiger partial charge in [0.1, 0.15) is 22.8 Å². The van der Waals surface area contributed by atoms with Crippen LogP contribution in [0.15, 0.2) is 60.2 Å². The van der Waals surface area contributed by atoms with E-state index in [1.807, 2.05) is 63.2 Å². The lowest BCUT2D eigenvalue weighted by Gasteiger charge is -2.26. The predicted octanol–water partition coefficient (Wildman–Crippen LogP) is 4.79. The van der Waals surface area contributed by atoms with Crippen LogP contribution in [-0.2, 0) is 14.3 Å². The van der Waals surface area contributed by atoms with Crippen molar-refractivity contribution in [3.63, 3.8) is 0 Å². The first kappa shape index (κ1) is 30.8. The van der Waals surface area contributed by atoms with Gasteiger partial charge in [0.2, 0.25) is 5.78 Å². The Bertz CT molecular complexity index is 1390. The highest BCUT2D eigenvalue weighted by atomic mass is 32.1. The Labute approximate surface area is 249 Å². The Morgan fingerprint density at radius 3 is 2.50 bits per heavy atom. The summed E-state index contributed by atoms with van der Waals surface area (Å²) in [5.74, 6) is -1.73. The molecule has 3 atom stereocenters. The van der Waals surface area contributed by atoms with E-state index in [1.54, 1.807) is 29.6 Å². The Morgan fingerprint density at radius 1 is 1.10 bits per heavy atom. The number of ketones is 1. The summed E-state index contributed by atoms with van der Waals surface area (Å²) in [5.41, 5.74) is 1.53. The highest BCUT2D eigenvalue weighted by Crippen LogP contribution is 2.33. The van der Waals surface area contributed by atoms with Gasteiger partial charge in [0.05, 0.1) is 12.6 Å². The normalized spacial score (nSPS) is 17.2. The smallest absolute Gasteiger partial charge is 0.408 e. The molecule has 0 spiro atoms. The van der Waals surface area contributed by atoms with Crippen molar-refractivity contribution in [2.75, 3.05) is 13.1 Å². The Hall–Kier alpha value is -4.12. The molecule has 0 unspecified atom stereocenters. The van der Waals surface area contributed by atoms with E-state index in [0.29, 0.717) is 25.1 Å². The summed E-state index contributed by atoms with van der Waals surface area (Å²) < 4.78 is 5.76. The molecule has 1 aromatic carbocycles. The number of alkyl carbamates (subject to hydrolysis) is 1. The molecule has 10 nitrogen and oxygen atoms in total. The molecule has 42 heavy (non-hydrogen) atoms. The van der Waals surface area contributed by atoms with Gasteiger partial charge >= 0.3 is 6.09 Å². The zero-order valence-electron chi connectivity index (χ0n) is 24.3. The van der Waals surface area contributed by atoms with E-state index >= 15 is 0 Å². The number of benzene rings is 1. The molecule has 0 bridgehead atoms. The van der Waals surface area contributed by atoms with Crippen LogP contribution in [0.3, 0.4) is 0 Å². The zero-order chi connectivity index (χ0) is 30.3. The lowest BCUT2D eigenvalue weighted by Crippen LogP contribution is -2.49. The largest absolute Gasteiger partial charge is 0.444 e. The van der Waals surface area contributed by atoms with Crippen LogP contribution in [0.5, 0.6) is 0 Å². The molecule has 1 saturated heterocycles. The van der Waals surface area contributed by atoms with E-state index in [9.17, 15) is 19.2 Å². The van der Waals surface area contributed by atoms with Gasteiger partial charge in [0.15, 0.2) is 0 Å². The van der Waals surface area contributed by atoms with Crippen LogP contribution in [0.25, 0.3) is 10.6 Å². The minimum atomic E-state index is -1.02. The molecule has 3 heterocycles. The van der Waals surface area contributed by atoms with Crippen LogP contribution < -0.4 is 10.6 Å². The molecule has 3 amide bonds. The number of rotatable bonds is 11. The maximum atomic E-state index is 13.3. The second-order valence-electron chi connectivity index (χ2n) is 11.2. The van der Waals surface area contributed by atoms with Crippen molar-refractivity contribution in [2.45, 2.75) is 65.1 Å². The van der Waals surface area contributed by atoms with Crippen LogP contribution in [-0.4, -0.2) is 63.8 Å². The third-order valence-electron chi connectivity index (χ3n) is 7.37. The molecular formula is C31H37N5O5S. The number of amides is 3. The van der Waals surface area contributed by atoms with E-state index in [1.165, 1.54) is 11.3 Å². The van der Waals surface area contributed by atoms with E-state index < -0.39 is 35.3 Å². The molecule has 2 aromatic heterocycles. The fourth-order valence-corrected chi connectivity index (χ4v) is 5.65. The van der Waals surface area contributed by atoms with Gasteiger partial charge in [-0.2, -0.15) is 0 Å². The average molecular weight is 592 g/mol.